The topological polar surface area (TPSA) is 87.5 Å². The van der Waals surface area contributed by atoms with E-state index in [1.165, 1.54) is 16.9 Å². The van der Waals surface area contributed by atoms with Crippen LogP contribution in [0.25, 0.3) is 11.3 Å². The second-order valence-corrected chi connectivity index (χ2v) is 8.18. The molecular formula is C16H20N4O3S. The van der Waals surface area contributed by atoms with Gasteiger partial charge in [0.25, 0.3) is 10.2 Å². The van der Waals surface area contributed by atoms with Gasteiger partial charge in [0, 0.05) is 31.6 Å². The van der Waals surface area contributed by atoms with E-state index in [2.05, 4.69) is 26.4 Å². The summed E-state index contributed by atoms with van der Waals surface area (Å²) in [5.74, 6) is -0.0510. The van der Waals surface area contributed by atoms with Crippen LogP contribution in [0.1, 0.15) is 18.0 Å². The maximum atomic E-state index is 12.0. The first kappa shape index (κ1) is 15.8. The van der Waals surface area contributed by atoms with E-state index >= 15 is 0 Å². The van der Waals surface area contributed by atoms with Gasteiger partial charge < -0.3 is 9.67 Å². The molecule has 4 rings (SSSR count). The van der Waals surface area contributed by atoms with Gasteiger partial charge in [0.1, 0.15) is 0 Å². The molecule has 128 valence electrons. The summed E-state index contributed by atoms with van der Waals surface area (Å²) in [6.07, 6.45) is 3.50. The summed E-state index contributed by atoms with van der Waals surface area (Å²) in [4.78, 5) is 4.25. The predicted octanol–water partition coefficient (Wildman–Crippen LogP) is 0.600. The smallest absolute Gasteiger partial charge is 0.279 e. The van der Waals surface area contributed by atoms with Crippen LogP contribution in [-0.4, -0.2) is 53.6 Å². The maximum Gasteiger partial charge on any atom is 0.279 e. The Balaban J connectivity index is 1.66. The van der Waals surface area contributed by atoms with Crippen LogP contribution in [0.15, 0.2) is 36.8 Å². The fourth-order valence-electron chi connectivity index (χ4n) is 3.95. The third-order valence-electron chi connectivity index (χ3n) is 5.12. The highest BCUT2D eigenvalue weighted by Gasteiger charge is 2.42. The lowest BCUT2D eigenvalue weighted by Crippen LogP contribution is -2.51. The molecule has 1 aromatic heterocycles. The lowest BCUT2D eigenvalue weighted by molar-refractivity contribution is 0.0340. The lowest BCUT2D eigenvalue weighted by atomic mass is 9.84. The van der Waals surface area contributed by atoms with Gasteiger partial charge in [0.15, 0.2) is 0 Å². The minimum Gasteiger partial charge on any atom is -0.391 e. The molecule has 3 atom stereocenters. The number of benzene rings is 1. The molecular weight excluding hydrogens is 328 g/mol. The van der Waals surface area contributed by atoms with Crippen LogP contribution in [0.5, 0.6) is 0 Å². The summed E-state index contributed by atoms with van der Waals surface area (Å²) < 4.78 is 29.7. The van der Waals surface area contributed by atoms with Gasteiger partial charge >= 0.3 is 0 Å². The molecule has 2 aromatic rings. The lowest BCUT2D eigenvalue weighted by Gasteiger charge is -2.38. The van der Waals surface area contributed by atoms with Crippen molar-refractivity contribution in [1.82, 2.24) is 18.6 Å². The van der Waals surface area contributed by atoms with Gasteiger partial charge in [-0.15, -0.1) is 0 Å². The number of β-amino-alcohol motifs (C(OH)–C–C–N with tert-alkyl or cyclic N) is 1. The minimum atomic E-state index is -3.51. The normalized spacial score (nSPS) is 27.0. The SMILES string of the molecule is CNS(=O)(=O)N1CCC([C@H]2c3ccccc3-c3cncn32)[C@H](O)C1. The Bertz CT molecular complexity index is 864. The molecule has 1 unspecified atom stereocenters. The van der Waals surface area contributed by atoms with E-state index in [0.717, 1.165) is 11.3 Å². The molecule has 7 nitrogen and oxygen atoms in total. The average molecular weight is 348 g/mol. The van der Waals surface area contributed by atoms with Gasteiger partial charge in [0.05, 0.1) is 30.4 Å². The maximum absolute atomic E-state index is 12.0. The Kier molecular flexibility index (Phi) is 3.72. The number of aliphatic hydroxyl groups excluding tert-OH is 1. The number of nitrogens with one attached hydrogen (secondary N) is 1. The quantitative estimate of drug-likeness (QED) is 0.850. The minimum absolute atomic E-state index is 0.00635. The number of fused-ring (bicyclic) bond motifs is 3. The molecule has 0 radical (unpaired) electrons. The van der Waals surface area contributed by atoms with Crippen molar-refractivity contribution < 1.29 is 13.5 Å². The summed E-state index contributed by atoms with van der Waals surface area (Å²) in [6, 6.07) is 8.13. The van der Waals surface area contributed by atoms with Crippen LogP contribution >= 0.6 is 0 Å². The third kappa shape index (κ3) is 2.29. The first-order valence-electron chi connectivity index (χ1n) is 8.00. The van der Waals surface area contributed by atoms with E-state index in [9.17, 15) is 13.5 Å². The Morgan fingerprint density at radius 2 is 2.12 bits per heavy atom. The van der Waals surface area contributed by atoms with E-state index in [0.29, 0.717) is 13.0 Å². The van der Waals surface area contributed by atoms with Gasteiger partial charge in [-0.2, -0.15) is 12.7 Å². The number of hydrogen-bond donors (Lipinski definition) is 2. The number of hydrogen-bond acceptors (Lipinski definition) is 4. The number of rotatable bonds is 3. The Hall–Kier alpha value is -1.74. The summed E-state index contributed by atoms with van der Waals surface area (Å²) in [5, 5.41) is 10.7. The standard InChI is InChI=1S/C16H20N4O3S/c1-17-24(22,23)19-7-6-13(15(21)9-19)16-12-5-3-2-4-11(12)14-8-18-10-20(14)16/h2-5,8,10,13,15-17,21H,6-7,9H2,1H3/t13?,15-,16-/m1/s1. The van der Waals surface area contributed by atoms with Crippen molar-refractivity contribution in [3.8, 4) is 11.3 Å². The highest BCUT2D eigenvalue weighted by Crippen LogP contribution is 2.45. The van der Waals surface area contributed by atoms with E-state index in [4.69, 9.17) is 0 Å². The zero-order chi connectivity index (χ0) is 16.9. The second-order valence-electron chi connectivity index (χ2n) is 6.31. The molecule has 8 heteroatoms. The van der Waals surface area contributed by atoms with Gasteiger partial charge in [-0.25, -0.2) is 9.71 Å². The van der Waals surface area contributed by atoms with E-state index in [-0.39, 0.29) is 18.5 Å². The van der Waals surface area contributed by atoms with Crippen molar-refractivity contribution >= 4 is 10.2 Å². The number of aliphatic hydroxyl groups is 1. The molecule has 0 bridgehead atoms. The molecule has 2 aliphatic rings. The number of piperidine rings is 1. The average Bonchev–Trinajstić information content (AvgIpc) is 3.16. The molecule has 0 amide bonds. The monoisotopic (exact) mass is 348 g/mol. The molecule has 24 heavy (non-hydrogen) atoms. The molecule has 3 heterocycles. The first-order valence-corrected chi connectivity index (χ1v) is 9.45. The third-order valence-corrected chi connectivity index (χ3v) is 6.65. The van der Waals surface area contributed by atoms with Crippen LogP contribution in [0.3, 0.4) is 0 Å². The number of nitrogens with zero attached hydrogens (tertiary/aromatic N) is 3. The van der Waals surface area contributed by atoms with Crippen molar-refractivity contribution in [3.63, 3.8) is 0 Å². The van der Waals surface area contributed by atoms with E-state index < -0.39 is 16.3 Å². The van der Waals surface area contributed by atoms with Crippen LogP contribution in [0.4, 0.5) is 0 Å². The van der Waals surface area contributed by atoms with Gasteiger partial charge in [0.2, 0.25) is 0 Å². The van der Waals surface area contributed by atoms with Gasteiger partial charge in [-0.3, -0.25) is 0 Å². The fourth-order valence-corrected chi connectivity index (χ4v) is 4.90. The predicted molar refractivity (Wildman–Crippen MR) is 89.5 cm³/mol. The second kappa shape index (κ2) is 5.66. The summed E-state index contributed by atoms with van der Waals surface area (Å²) >= 11 is 0. The van der Waals surface area contributed by atoms with Crippen LogP contribution < -0.4 is 4.72 Å². The van der Waals surface area contributed by atoms with Crippen LogP contribution in [0.2, 0.25) is 0 Å². The van der Waals surface area contributed by atoms with Crippen molar-refractivity contribution in [3.05, 3.63) is 42.4 Å². The van der Waals surface area contributed by atoms with Crippen molar-refractivity contribution in [2.45, 2.75) is 18.6 Å². The number of aromatic nitrogens is 2. The molecule has 0 aliphatic carbocycles. The fraction of sp³-hybridized carbons (Fsp3) is 0.438. The Labute approximate surface area is 141 Å². The zero-order valence-corrected chi connectivity index (χ0v) is 14.1. The van der Waals surface area contributed by atoms with Gasteiger partial charge in [-0.1, -0.05) is 24.3 Å². The molecule has 0 spiro atoms. The Morgan fingerprint density at radius 3 is 2.88 bits per heavy atom. The van der Waals surface area contributed by atoms with Crippen LogP contribution in [-0.2, 0) is 10.2 Å². The van der Waals surface area contributed by atoms with Crippen LogP contribution in [0, 0.1) is 5.92 Å². The summed E-state index contributed by atoms with van der Waals surface area (Å²) in [5.41, 5.74) is 3.36. The van der Waals surface area contributed by atoms with E-state index in [1.54, 1.807) is 6.33 Å². The summed E-state index contributed by atoms with van der Waals surface area (Å²) in [6.45, 7) is 0.504. The van der Waals surface area contributed by atoms with E-state index in [1.807, 2.05) is 18.3 Å². The van der Waals surface area contributed by atoms with Crippen molar-refractivity contribution in [2.24, 2.45) is 5.92 Å². The van der Waals surface area contributed by atoms with Crippen molar-refractivity contribution in [1.29, 1.82) is 0 Å². The molecule has 2 N–H and O–H groups in total. The number of imidazole rings is 1. The van der Waals surface area contributed by atoms with Crippen molar-refractivity contribution in [2.75, 3.05) is 20.1 Å². The molecule has 1 saturated heterocycles. The van der Waals surface area contributed by atoms with Gasteiger partial charge in [-0.05, 0) is 12.0 Å². The first-order chi connectivity index (χ1) is 11.5. The summed E-state index contributed by atoms with van der Waals surface area (Å²) in [7, 11) is -2.12. The molecule has 1 aromatic carbocycles. The molecule has 0 saturated carbocycles. The highest BCUT2D eigenvalue weighted by atomic mass is 32.2. The largest absolute Gasteiger partial charge is 0.391 e. The molecule has 1 fully saturated rings. The highest BCUT2D eigenvalue weighted by molar-refractivity contribution is 7.87. The molecule has 2 aliphatic heterocycles. The zero-order valence-electron chi connectivity index (χ0n) is 13.3. The Morgan fingerprint density at radius 1 is 1.33 bits per heavy atom.